The number of thiophene rings is 1. The smallest absolute Gasteiger partial charge is 0.137 e. The summed E-state index contributed by atoms with van der Waals surface area (Å²) in [6.45, 7) is 0. The van der Waals surface area contributed by atoms with Crippen LogP contribution in [0.3, 0.4) is 0 Å². The number of methoxy groups -OCH3 is 1. The van der Waals surface area contributed by atoms with E-state index in [4.69, 9.17) is 10.5 Å². The highest BCUT2D eigenvalue weighted by Crippen LogP contribution is 2.37. The van der Waals surface area contributed by atoms with Crippen molar-refractivity contribution in [2.24, 2.45) is 5.73 Å². The Kier molecular flexibility index (Phi) is 4.19. The molecule has 90 valence electrons. The molecule has 0 aliphatic rings. The highest BCUT2D eigenvalue weighted by atomic mass is 79.9. The number of aromatic nitrogens is 1. The van der Waals surface area contributed by atoms with Crippen molar-refractivity contribution in [2.45, 2.75) is 6.04 Å². The van der Waals surface area contributed by atoms with Gasteiger partial charge in [0.05, 0.1) is 26.9 Å². The predicted molar refractivity (Wildman–Crippen MR) is 76.5 cm³/mol. The van der Waals surface area contributed by atoms with Crippen LogP contribution in [-0.2, 0) is 0 Å². The SMILES string of the molecule is COc1cncc(C(N)c2cc(Br)sc2Br)c1. The van der Waals surface area contributed by atoms with E-state index in [1.807, 2.05) is 12.1 Å². The second-order valence-electron chi connectivity index (χ2n) is 3.42. The Morgan fingerprint density at radius 3 is 2.71 bits per heavy atom. The second kappa shape index (κ2) is 5.48. The number of halogens is 2. The first-order valence-corrected chi connectivity index (χ1v) is 7.21. The number of hydrogen-bond acceptors (Lipinski definition) is 4. The minimum atomic E-state index is -0.213. The number of nitrogens with zero attached hydrogens (tertiary/aromatic N) is 1. The molecule has 0 aromatic carbocycles. The Balaban J connectivity index is 2.36. The zero-order valence-corrected chi connectivity index (χ0v) is 13.0. The summed E-state index contributed by atoms with van der Waals surface area (Å²) in [4.78, 5) is 4.11. The maximum absolute atomic E-state index is 6.21. The van der Waals surface area contributed by atoms with Crippen LogP contribution >= 0.6 is 43.2 Å². The third-order valence-electron chi connectivity index (χ3n) is 2.35. The zero-order valence-electron chi connectivity index (χ0n) is 8.98. The van der Waals surface area contributed by atoms with Crippen molar-refractivity contribution < 1.29 is 4.74 Å². The highest BCUT2D eigenvalue weighted by Gasteiger charge is 2.16. The van der Waals surface area contributed by atoms with Gasteiger partial charge < -0.3 is 10.5 Å². The molecule has 1 unspecified atom stereocenters. The van der Waals surface area contributed by atoms with E-state index in [1.165, 1.54) is 0 Å². The van der Waals surface area contributed by atoms with Crippen LogP contribution in [0, 0.1) is 0 Å². The predicted octanol–water partition coefficient (Wildman–Crippen LogP) is 3.72. The van der Waals surface area contributed by atoms with Crippen molar-refractivity contribution in [1.82, 2.24) is 4.98 Å². The van der Waals surface area contributed by atoms with Gasteiger partial charge >= 0.3 is 0 Å². The van der Waals surface area contributed by atoms with E-state index in [0.29, 0.717) is 5.75 Å². The molecule has 0 bridgehead atoms. The molecule has 0 amide bonds. The van der Waals surface area contributed by atoms with Gasteiger partial charge in [0, 0.05) is 6.20 Å². The topological polar surface area (TPSA) is 48.1 Å². The molecule has 0 aliphatic heterocycles. The first-order valence-electron chi connectivity index (χ1n) is 4.81. The number of nitrogens with two attached hydrogens (primary N) is 1. The summed E-state index contributed by atoms with van der Waals surface area (Å²) < 4.78 is 7.21. The number of rotatable bonds is 3. The van der Waals surface area contributed by atoms with Crippen molar-refractivity contribution in [2.75, 3.05) is 7.11 Å². The number of pyridine rings is 1. The fraction of sp³-hybridized carbons (Fsp3) is 0.182. The monoisotopic (exact) mass is 376 g/mol. The van der Waals surface area contributed by atoms with Crippen molar-refractivity contribution in [1.29, 1.82) is 0 Å². The van der Waals surface area contributed by atoms with Gasteiger partial charge in [-0.15, -0.1) is 11.3 Å². The number of hydrogen-bond donors (Lipinski definition) is 1. The van der Waals surface area contributed by atoms with Crippen LogP contribution in [0.4, 0.5) is 0 Å². The van der Waals surface area contributed by atoms with Gasteiger partial charge in [-0.3, -0.25) is 4.98 Å². The number of ether oxygens (including phenoxy) is 1. The van der Waals surface area contributed by atoms with Gasteiger partial charge in [-0.25, -0.2) is 0 Å². The molecule has 2 heterocycles. The average molecular weight is 378 g/mol. The minimum absolute atomic E-state index is 0.213. The summed E-state index contributed by atoms with van der Waals surface area (Å²) in [5.74, 6) is 0.711. The summed E-state index contributed by atoms with van der Waals surface area (Å²) >= 11 is 8.56. The molecule has 0 radical (unpaired) electrons. The summed E-state index contributed by atoms with van der Waals surface area (Å²) in [6, 6.07) is 3.70. The minimum Gasteiger partial charge on any atom is -0.495 e. The molecule has 6 heteroatoms. The average Bonchev–Trinajstić information content (AvgIpc) is 2.67. The maximum atomic E-state index is 6.21. The Labute approximate surface area is 120 Å². The molecule has 2 rings (SSSR count). The maximum Gasteiger partial charge on any atom is 0.137 e. The zero-order chi connectivity index (χ0) is 12.4. The van der Waals surface area contributed by atoms with Crippen LogP contribution in [0.1, 0.15) is 17.2 Å². The van der Waals surface area contributed by atoms with Crippen LogP contribution in [0.25, 0.3) is 0 Å². The molecule has 3 nitrogen and oxygen atoms in total. The van der Waals surface area contributed by atoms with Gasteiger partial charge in [-0.2, -0.15) is 0 Å². The summed E-state index contributed by atoms with van der Waals surface area (Å²) in [7, 11) is 1.61. The first kappa shape index (κ1) is 13.0. The van der Waals surface area contributed by atoms with Gasteiger partial charge in [0.15, 0.2) is 0 Å². The molecule has 2 aromatic heterocycles. The molecule has 1 atom stereocenters. The van der Waals surface area contributed by atoms with Gasteiger partial charge in [0.25, 0.3) is 0 Å². The molecule has 0 spiro atoms. The van der Waals surface area contributed by atoms with Crippen LogP contribution in [0.15, 0.2) is 32.1 Å². The molecular weight excluding hydrogens is 368 g/mol. The molecular formula is C11H10Br2N2OS. The fourth-order valence-electron chi connectivity index (χ4n) is 1.46. The van der Waals surface area contributed by atoms with Crippen molar-refractivity contribution in [3.05, 3.63) is 43.2 Å². The standard InChI is InChI=1S/C11H10Br2N2OS/c1-16-7-2-6(4-15-5-7)10(14)8-3-9(12)17-11(8)13/h2-5,10H,14H2,1H3. The van der Waals surface area contributed by atoms with Crippen LogP contribution in [0.5, 0.6) is 5.75 Å². The van der Waals surface area contributed by atoms with Gasteiger partial charge in [0.2, 0.25) is 0 Å². The van der Waals surface area contributed by atoms with E-state index in [0.717, 1.165) is 18.7 Å². The van der Waals surface area contributed by atoms with Crippen LogP contribution in [-0.4, -0.2) is 12.1 Å². The lowest BCUT2D eigenvalue weighted by molar-refractivity contribution is 0.412. The second-order valence-corrected chi connectivity index (χ2v) is 7.16. The largest absolute Gasteiger partial charge is 0.495 e. The highest BCUT2D eigenvalue weighted by molar-refractivity contribution is 9.12. The molecule has 0 fully saturated rings. The Morgan fingerprint density at radius 1 is 1.35 bits per heavy atom. The lowest BCUT2D eigenvalue weighted by Crippen LogP contribution is -2.11. The molecule has 0 saturated heterocycles. The van der Waals surface area contributed by atoms with E-state index in [-0.39, 0.29) is 6.04 Å². The van der Waals surface area contributed by atoms with E-state index < -0.39 is 0 Å². The lowest BCUT2D eigenvalue weighted by atomic mass is 10.0. The quantitative estimate of drug-likeness (QED) is 0.886. The fourth-order valence-corrected chi connectivity index (χ4v) is 4.39. The molecule has 0 saturated carbocycles. The molecule has 17 heavy (non-hydrogen) atoms. The molecule has 2 aromatic rings. The Bertz CT molecular complexity index is 530. The van der Waals surface area contributed by atoms with Crippen molar-refractivity contribution in [3.63, 3.8) is 0 Å². The van der Waals surface area contributed by atoms with Gasteiger partial charge in [0.1, 0.15) is 5.75 Å². The van der Waals surface area contributed by atoms with Crippen molar-refractivity contribution in [3.8, 4) is 5.75 Å². The summed E-state index contributed by atoms with van der Waals surface area (Å²) in [5, 5.41) is 0. The molecule has 2 N–H and O–H groups in total. The third-order valence-corrected chi connectivity index (χ3v) is 4.73. The van der Waals surface area contributed by atoms with Crippen molar-refractivity contribution >= 4 is 43.2 Å². The lowest BCUT2D eigenvalue weighted by Gasteiger charge is -2.11. The summed E-state index contributed by atoms with van der Waals surface area (Å²) in [5.41, 5.74) is 8.18. The summed E-state index contributed by atoms with van der Waals surface area (Å²) in [6.07, 6.45) is 3.42. The Morgan fingerprint density at radius 2 is 2.12 bits per heavy atom. The van der Waals surface area contributed by atoms with Gasteiger partial charge in [-0.1, -0.05) is 0 Å². The Hall–Kier alpha value is -0.430. The van der Waals surface area contributed by atoms with E-state index in [1.54, 1.807) is 30.8 Å². The third kappa shape index (κ3) is 2.88. The van der Waals surface area contributed by atoms with E-state index >= 15 is 0 Å². The first-order chi connectivity index (χ1) is 8.11. The van der Waals surface area contributed by atoms with E-state index in [2.05, 4.69) is 36.8 Å². The van der Waals surface area contributed by atoms with Crippen LogP contribution in [0.2, 0.25) is 0 Å². The van der Waals surface area contributed by atoms with Gasteiger partial charge in [-0.05, 0) is 55.1 Å². The van der Waals surface area contributed by atoms with E-state index in [9.17, 15) is 0 Å². The molecule has 0 aliphatic carbocycles. The normalized spacial score (nSPS) is 12.5. The van der Waals surface area contributed by atoms with Crippen LogP contribution < -0.4 is 10.5 Å².